The molecule has 3 atom stereocenters. The van der Waals surface area contributed by atoms with Gasteiger partial charge in [-0.1, -0.05) is 24.6 Å². The lowest BCUT2D eigenvalue weighted by Gasteiger charge is -2.32. The quantitative estimate of drug-likeness (QED) is 0.866. The van der Waals surface area contributed by atoms with E-state index >= 15 is 0 Å². The van der Waals surface area contributed by atoms with Gasteiger partial charge in [0.15, 0.2) is 0 Å². The van der Waals surface area contributed by atoms with Crippen molar-refractivity contribution in [2.45, 2.75) is 42.4 Å². The molecule has 0 saturated heterocycles. The van der Waals surface area contributed by atoms with E-state index in [1.807, 2.05) is 30.0 Å². The van der Waals surface area contributed by atoms with E-state index in [0.29, 0.717) is 11.3 Å². The first-order valence-electron chi connectivity index (χ1n) is 5.83. The molecule has 0 amide bonds. The molecule has 16 heavy (non-hydrogen) atoms. The highest BCUT2D eigenvalue weighted by Gasteiger charge is 2.26. The fourth-order valence-corrected chi connectivity index (χ4v) is 3.90. The van der Waals surface area contributed by atoms with Gasteiger partial charge in [0.05, 0.1) is 0 Å². The second-order valence-corrected chi connectivity index (χ2v) is 6.44. The van der Waals surface area contributed by atoms with Crippen LogP contribution in [0.25, 0.3) is 0 Å². The van der Waals surface area contributed by atoms with Crippen LogP contribution >= 0.6 is 23.4 Å². The lowest BCUT2D eigenvalue weighted by Crippen LogP contribution is -2.37. The van der Waals surface area contributed by atoms with Crippen LogP contribution in [0.3, 0.4) is 0 Å². The molecule has 1 aromatic rings. The van der Waals surface area contributed by atoms with Crippen molar-refractivity contribution in [1.29, 1.82) is 0 Å². The maximum Gasteiger partial charge on any atom is 0.0417 e. The maximum absolute atomic E-state index is 6.17. The van der Waals surface area contributed by atoms with Gasteiger partial charge in [0, 0.05) is 21.2 Å². The molecule has 0 radical (unpaired) electrons. The summed E-state index contributed by atoms with van der Waals surface area (Å²) in [6.45, 7) is 2.32. The summed E-state index contributed by atoms with van der Waals surface area (Å²) in [5.41, 5.74) is 6.17. The van der Waals surface area contributed by atoms with Gasteiger partial charge < -0.3 is 5.73 Å². The molecule has 2 N–H and O–H groups in total. The fourth-order valence-electron chi connectivity index (χ4n) is 2.20. The van der Waals surface area contributed by atoms with Gasteiger partial charge in [-0.15, -0.1) is 11.8 Å². The molecule has 1 aliphatic carbocycles. The van der Waals surface area contributed by atoms with E-state index in [1.165, 1.54) is 17.7 Å². The van der Waals surface area contributed by atoms with Crippen LogP contribution in [0.5, 0.6) is 0 Å². The molecule has 0 bridgehead atoms. The van der Waals surface area contributed by atoms with E-state index in [2.05, 4.69) is 13.0 Å². The van der Waals surface area contributed by atoms with Crippen LogP contribution in [-0.2, 0) is 0 Å². The Kier molecular flexibility index (Phi) is 4.17. The maximum atomic E-state index is 6.17. The Balaban J connectivity index is 2.02. The van der Waals surface area contributed by atoms with Gasteiger partial charge in [0.25, 0.3) is 0 Å². The van der Waals surface area contributed by atoms with Gasteiger partial charge in [-0.25, -0.2) is 0 Å². The number of rotatable bonds is 2. The number of benzene rings is 1. The summed E-state index contributed by atoms with van der Waals surface area (Å²) in [7, 11) is 0. The molecule has 3 unspecified atom stereocenters. The number of halogens is 1. The van der Waals surface area contributed by atoms with Crippen LogP contribution in [0.4, 0.5) is 0 Å². The molecular weight excluding hydrogens is 238 g/mol. The van der Waals surface area contributed by atoms with Crippen LogP contribution in [0.2, 0.25) is 5.02 Å². The van der Waals surface area contributed by atoms with E-state index < -0.39 is 0 Å². The predicted octanol–water partition coefficient (Wildman–Crippen LogP) is 3.95. The first-order valence-corrected chi connectivity index (χ1v) is 7.08. The van der Waals surface area contributed by atoms with Crippen molar-refractivity contribution in [3.05, 3.63) is 29.3 Å². The van der Waals surface area contributed by atoms with E-state index in [4.69, 9.17) is 17.3 Å². The van der Waals surface area contributed by atoms with Crippen molar-refractivity contribution >= 4 is 23.4 Å². The van der Waals surface area contributed by atoms with Crippen molar-refractivity contribution in [1.82, 2.24) is 0 Å². The van der Waals surface area contributed by atoms with Crippen molar-refractivity contribution in [2.24, 2.45) is 11.7 Å². The Morgan fingerprint density at radius 2 is 2.19 bits per heavy atom. The largest absolute Gasteiger partial charge is 0.327 e. The third kappa shape index (κ3) is 3.16. The topological polar surface area (TPSA) is 26.0 Å². The number of hydrogen-bond acceptors (Lipinski definition) is 2. The fraction of sp³-hybridized carbons (Fsp3) is 0.538. The number of nitrogens with two attached hydrogens (primary N) is 1. The van der Waals surface area contributed by atoms with Crippen molar-refractivity contribution < 1.29 is 0 Å². The molecule has 3 heteroatoms. The molecule has 1 aliphatic rings. The molecule has 0 aromatic heterocycles. The SMILES string of the molecule is CC1CCC(N)C(Sc2cccc(Cl)c2)C1. The summed E-state index contributed by atoms with van der Waals surface area (Å²) in [4.78, 5) is 1.24. The molecule has 0 aliphatic heterocycles. The predicted molar refractivity (Wildman–Crippen MR) is 72.1 cm³/mol. The minimum absolute atomic E-state index is 0.334. The van der Waals surface area contributed by atoms with Gasteiger partial charge in [0.1, 0.15) is 0 Å². The van der Waals surface area contributed by atoms with E-state index in [-0.39, 0.29) is 0 Å². The second kappa shape index (κ2) is 5.44. The minimum atomic E-state index is 0.334. The summed E-state index contributed by atoms with van der Waals surface area (Å²) in [5.74, 6) is 0.802. The third-order valence-corrected chi connectivity index (χ3v) is 4.79. The Labute approximate surface area is 107 Å². The van der Waals surface area contributed by atoms with Gasteiger partial charge >= 0.3 is 0 Å². The number of hydrogen-bond donors (Lipinski definition) is 1. The van der Waals surface area contributed by atoms with Crippen LogP contribution < -0.4 is 5.73 Å². The zero-order valence-electron chi connectivity index (χ0n) is 9.53. The molecule has 1 saturated carbocycles. The molecular formula is C13H18ClNS. The Bertz CT molecular complexity index is 356. The highest BCUT2D eigenvalue weighted by atomic mass is 35.5. The van der Waals surface area contributed by atoms with Crippen molar-refractivity contribution in [3.63, 3.8) is 0 Å². The molecule has 1 nitrogen and oxygen atoms in total. The average Bonchev–Trinajstić information content (AvgIpc) is 2.24. The molecule has 0 spiro atoms. The van der Waals surface area contributed by atoms with Crippen molar-refractivity contribution in [2.75, 3.05) is 0 Å². The third-order valence-electron chi connectivity index (χ3n) is 3.19. The van der Waals surface area contributed by atoms with Crippen molar-refractivity contribution in [3.8, 4) is 0 Å². The monoisotopic (exact) mass is 255 g/mol. The minimum Gasteiger partial charge on any atom is -0.327 e. The zero-order chi connectivity index (χ0) is 11.5. The summed E-state index contributed by atoms with van der Waals surface area (Å²) in [6.07, 6.45) is 3.64. The van der Waals surface area contributed by atoms with Crippen LogP contribution in [0.15, 0.2) is 29.2 Å². The average molecular weight is 256 g/mol. The molecule has 1 aromatic carbocycles. The van der Waals surface area contributed by atoms with E-state index in [0.717, 1.165) is 17.4 Å². The number of thioether (sulfide) groups is 1. The summed E-state index contributed by atoms with van der Waals surface area (Å²) < 4.78 is 0. The highest BCUT2D eigenvalue weighted by molar-refractivity contribution is 8.00. The standard InChI is InChI=1S/C13H18ClNS/c1-9-5-6-12(15)13(7-9)16-11-4-2-3-10(14)8-11/h2-4,8-9,12-13H,5-7,15H2,1H3. The highest BCUT2D eigenvalue weighted by Crippen LogP contribution is 2.36. The van der Waals surface area contributed by atoms with Crippen LogP contribution in [0.1, 0.15) is 26.2 Å². The van der Waals surface area contributed by atoms with E-state index in [9.17, 15) is 0 Å². The normalized spacial score (nSPS) is 30.3. The van der Waals surface area contributed by atoms with E-state index in [1.54, 1.807) is 0 Å². The summed E-state index contributed by atoms with van der Waals surface area (Å²) in [6, 6.07) is 8.39. The molecule has 0 heterocycles. The van der Waals surface area contributed by atoms with Gasteiger partial charge in [0.2, 0.25) is 0 Å². The van der Waals surface area contributed by atoms with Crippen LogP contribution in [0, 0.1) is 5.92 Å². The smallest absolute Gasteiger partial charge is 0.0417 e. The first kappa shape index (κ1) is 12.3. The lowest BCUT2D eigenvalue weighted by atomic mass is 9.87. The van der Waals surface area contributed by atoms with Crippen LogP contribution in [-0.4, -0.2) is 11.3 Å². The first-order chi connectivity index (χ1) is 7.65. The summed E-state index contributed by atoms with van der Waals surface area (Å²) in [5, 5.41) is 1.35. The zero-order valence-corrected chi connectivity index (χ0v) is 11.1. The molecule has 1 fully saturated rings. The second-order valence-electron chi connectivity index (χ2n) is 4.70. The Morgan fingerprint density at radius 3 is 2.94 bits per heavy atom. The van der Waals surface area contributed by atoms with Gasteiger partial charge in [-0.3, -0.25) is 0 Å². The Morgan fingerprint density at radius 1 is 1.38 bits per heavy atom. The molecule has 2 rings (SSSR count). The lowest BCUT2D eigenvalue weighted by molar-refractivity contribution is 0.357. The Hall–Kier alpha value is -0.180. The molecule has 88 valence electrons. The van der Waals surface area contributed by atoms with Gasteiger partial charge in [-0.2, -0.15) is 0 Å². The summed E-state index contributed by atoms with van der Waals surface area (Å²) >= 11 is 7.86. The van der Waals surface area contributed by atoms with Gasteiger partial charge in [-0.05, 0) is 43.4 Å².